The molecule has 1 atom stereocenters. The van der Waals surface area contributed by atoms with Gasteiger partial charge in [-0.3, -0.25) is 14.6 Å². The minimum absolute atomic E-state index is 0.00481. The molecule has 8 heteroatoms. The van der Waals surface area contributed by atoms with E-state index in [2.05, 4.69) is 34.1 Å². The predicted octanol–water partition coefficient (Wildman–Crippen LogP) is 4.21. The number of piperazine rings is 1. The van der Waals surface area contributed by atoms with Crippen LogP contribution in [0, 0.1) is 0 Å². The summed E-state index contributed by atoms with van der Waals surface area (Å²) in [5.41, 5.74) is 4.01. The Morgan fingerprint density at radius 3 is 2.15 bits per heavy atom. The maximum absolute atomic E-state index is 13.7. The van der Waals surface area contributed by atoms with Crippen molar-refractivity contribution < 1.29 is 19.0 Å². The molecule has 1 amide bonds. The number of hydrogen-bond acceptors (Lipinski definition) is 7. The summed E-state index contributed by atoms with van der Waals surface area (Å²) in [4.78, 5) is 18.4. The molecule has 2 heterocycles. The van der Waals surface area contributed by atoms with E-state index in [1.54, 1.807) is 26.3 Å². The zero-order chi connectivity index (χ0) is 27.2. The third-order valence-electron chi connectivity index (χ3n) is 7.46. The second kappa shape index (κ2) is 12.3. The Bertz CT molecular complexity index is 1290. The molecular formula is C31H36N4O4. The molecule has 2 aliphatic heterocycles. The Morgan fingerprint density at radius 2 is 1.49 bits per heavy atom. The summed E-state index contributed by atoms with van der Waals surface area (Å²) in [6.45, 7) is 4.84. The minimum atomic E-state index is -0.204. The molecule has 2 aliphatic rings. The van der Waals surface area contributed by atoms with Crippen molar-refractivity contribution in [2.45, 2.75) is 19.0 Å². The standard InChI is InChI=1S/C31H36N4O4/c1-37-25-11-9-24(10-12-25)29-20-28(27-14-13-26(38-2)19-30(27)39-3)32-35(29)31(36)22-34-17-15-33(16-18-34)21-23-7-5-4-6-8-23/h4-14,19,29H,15-18,20-22H2,1-3H3. The van der Waals surface area contributed by atoms with E-state index < -0.39 is 0 Å². The molecule has 0 saturated carbocycles. The van der Waals surface area contributed by atoms with Gasteiger partial charge in [-0.15, -0.1) is 0 Å². The number of nitrogens with zero attached hydrogens (tertiary/aromatic N) is 4. The molecule has 8 nitrogen and oxygen atoms in total. The fraction of sp³-hybridized carbons (Fsp3) is 0.355. The van der Waals surface area contributed by atoms with Gasteiger partial charge in [-0.1, -0.05) is 42.5 Å². The number of amides is 1. The quantitative estimate of drug-likeness (QED) is 0.415. The van der Waals surface area contributed by atoms with Gasteiger partial charge in [0.1, 0.15) is 17.2 Å². The Hall–Kier alpha value is -3.88. The van der Waals surface area contributed by atoms with Crippen LogP contribution >= 0.6 is 0 Å². The van der Waals surface area contributed by atoms with Gasteiger partial charge in [0.2, 0.25) is 0 Å². The molecule has 1 saturated heterocycles. The van der Waals surface area contributed by atoms with Crippen LogP contribution in [0.15, 0.2) is 77.9 Å². The van der Waals surface area contributed by atoms with Gasteiger partial charge in [-0.05, 0) is 35.4 Å². The number of hydrazone groups is 1. The number of ether oxygens (including phenoxy) is 3. The average molecular weight is 529 g/mol. The van der Waals surface area contributed by atoms with Crippen LogP contribution in [0.25, 0.3) is 0 Å². The molecule has 0 spiro atoms. The molecule has 0 radical (unpaired) electrons. The summed E-state index contributed by atoms with van der Waals surface area (Å²) in [6.07, 6.45) is 0.589. The van der Waals surface area contributed by atoms with E-state index in [-0.39, 0.29) is 11.9 Å². The number of carbonyl (C=O) groups excluding carboxylic acids is 1. The van der Waals surface area contributed by atoms with Crippen molar-refractivity contribution in [3.05, 3.63) is 89.5 Å². The first kappa shape index (κ1) is 26.7. The van der Waals surface area contributed by atoms with Crippen molar-refractivity contribution in [1.82, 2.24) is 14.8 Å². The second-order valence-electron chi connectivity index (χ2n) is 9.88. The fourth-order valence-corrected chi connectivity index (χ4v) is 5.24. The summed E-state index contributed by atoms with van der Waals surface area (Å²) in [5.74, 6) is 2.15. The number of methoxy groups -OCH3 is 3. The van der Waals surface area contributed by atoms with Crippen LogP contribution in [0.4, 0.5) is 0 Å². The van der Waals surface area contributed by atoms with E-state index in [0.29, 0.717) is 24.5 Å². The normalized spacial score (nSPS) is 18.1. The average Bonchev–Trinajstić information content (AvgIpc) is 3.44. The lowest BCUT2D eigenvalue weighted by Crippen LogP contribution is -2.49. The van der Waals surface area contributed by atoms with E-state index in [9.17, 15) is 4.79 Å². The minimum Gasteiger partial charge on any atom is -0.497 e. The summed E-state index contributed by atoms with van der Waals surface area (Å²) in [7, 11) is 4.91. The first-order valence-electron chi connectivity index (χ1n) is 13.3. The van der Waals surface area contributed by atoms with Crippen LogP contribution in [-0.2, 0) is 11.3 Å². The summed E-state index contributed by atoms with van der Waals surface area (Å²) in [5, 5.41) is 6.53. The van der Waals surface area contributed by atoms with Gasteiger partial charge in [-0.25, -0.2) is 5.01 Å². The van der Waals surface area contributed by atoms with Gasteiger partial charge in [-0.2, -0.15) is 5.10 Å². The molecule has 5 rings (SSSR count). The Labute approximate surface area is 230 Å². The number of benzene rings is 3. The van der Waals surface area contributed by atoms with Gasteiger partial charge in [0, 0.05) is 50.8 Å². The zero-order valence-corrected chi connectivity index (χ0v) is 22.9. The maximum atomic E-state index is 13.7. The van der Waals surface area contributed by atoms with Crippen molar-refractivity contribution >= 4 is 11.6 Å². The van der Waals surface area contributed by atoms with Gasteiger partial charge in [0.15, 0.2) is 0 Å². The smallest absolute Gasteiger partial charge is 0.257 e. The lowest BCUT2D eigenvalue weighted by Gasteiger charge is -2.35. The monoisotopic (exact) mass is 528 g/mol. The largest absolute Gasteiger partial charge is 0.497 e. The van der Waals surface area contributed by atoms with Crippen molar-refractivity contribution in [2.24, 2.45) is 5.10 Å². The molecule has 204 valence electrons. The Morgan fingerprint density at radius 1 is 0.821 bits per heavy atom. The van der Waals surface area contributed by atoms with Crippen LogP contribution in [0.3, 0.4) is 0 Å². The molecule has 3 aromatic carbocycles. The highest BCUT2D eigenvalue weighted by molar-refractivity contribution is 6.05. The molecule has 0 N–H and O–H groups in total. The number of carbonyl (C=O) groups is 1. The van der Waals surface area contributed by atoms with Crippen LogP contribution in [0.1, 0.15) is 29.2 Å². The van der Waals surface area contributed by atoms with Crippen molar-refractivity contribution in [3.63, 3.8) is 0 Å². The maximum Gasteiger partial charge on any atom is 0.257 e. The highest BCUT2D eigenvalue weighted by Crippen LogP contribution is 2.36. The van der Waals surface area contributed by atoms with Gasteiger partial charge in [0.25, 0.3) is 5.91 Å². The van der Waals surface area contributed by atoms with E-state index in [4.69, 9.17) is 19.3 Å². The van der Waals surface area contributed by atoms with Crippen molar-refractivity contribution in [1.29, 1.82) is 0 Å². The number of rotatable bonds is 9. The summed E-state index contributed by atoms with van der Waals surface area (Å²) < 4.78 is 16.4. The van der Waals surface area contributed by atoms with E-state index in [1.807, 2.05) is 48.5 Å². The highest BCUT2D eigenvalue weighted by Gasteiger charge is 2.35. The zero-order valence-electron chi connectivity index (χ0n) is 22.9. The molecule has 1 fully saturated rings. The third-order valence-corrected chi connectivity index (χ3v) is 7.46. The molecule has 0 aliphatic carbocycles. The molecule has 3 aromatic rings. The Kier molecular flexibility index (Phi) is 8.44. The van der Waals surface area contributed by atoms with Crippen LogP contribution in [-0.4, -0.2) is 80.5 Å². The molecule has 39 heavy (non-hydrogen) atoms. The van der Waals surface area contributed by atoms with Crippen LogP contribution < -0.4 is 14.2 Å². The van der Waals surface area contributed by atoms with E-state index in [1.165, 1.54) is 5.56 Å². The van der Waals surface area contributed by atoms with Gasteiger partial charge < -0.3 is 14.2 Å². The fourth-order valence-electron chi connectivity index (χ4n) is 5.24. The van der Waals surface area contributed by atoms with Gasteiger partial charge in [0.05, 0.1) is 39.6 Å². The summed E-state index contributed by atoms with van der Waals surface area (Å²) in [6, 6.07) is 23.9. The topological polar surface area (TPSA) is 66.8 Å². The Balaban J connectivity index is 1.31. The van der Waals surface area contributed by atoms with Crippen molar-refractivity contribution in [2.75, 3.05) is 54.1 Å². The first-order chi connectivity index (χ1) is 19.1. The molecule has 1 unspecified atom stereocenters. The predicted molar refractivity (Wildman–Crippen MR) is 151 cm³/mol. The molecule has 0 bridgehead atoms. The highest BCUT2D eigenvalue weighted by atomic mass is 16.5. The lowest BCUT2D eigenvalue weighted by molar-refractivity contribution is -0.134. The van der Waals surface area contributed by atoms with E-state index in [0.717, 1.165) is 55.3 Å². The van der Waals surface area contributed by atoms with Crippen LogP contribution in [0.2, 0.25) is 0 Å². The van der Waals surface area contributed by atoms with Crippen LogP contribution in [0.5, 0.6) is 17.2 Å². The lowest BCUT2D eigenvalue weighted by atomic mass is 9.97. The SMILES string of the molecule is COc1ccc(C2CC(c3ccc(OC)cc3OC)=NN2C(=O)CN2CCN(Cc3ccccc3)CC2)cc1. The summed E-state index contributed by atoms with van der Waals surface area (Å²) >= 11 is 0. The van der Waals surface area contributed by atoms with Crippen molar-refractivity contribution in [3.8, 4) is 17.2 Å². The molecule has 0 aromatic heterocycles. The first-order valence-corrected chi connectivity index (χ1v) is 13.3. The molecular weight excluding hydrogens is 492 g/mol. The number of hydrogen-bond donors (Lipinski definition) is 0. The third kappa shape index (κ3) is 6.24. The van der Waals surface area contributed by atoms with Gasteiger partial charge >= 0.3 is 0 Å². The second-order valence-corrected chi connectivity index (χ2v) is 9.88. The van der Waals surface area contributed by atoms with E-state index >= 15 is 0 Å².